The summed E-state index contributed by atoms with van der Waals surface area (Å²) in [7, 11) is -2.90. The number of aliphatic imine (C=N–C) groups is 1. The van der Waals surface area contributed by atoms with Crippen molar-refractivity contribution in [3.05, 3.63) is 0 Å². The van der Waals surface area contributed by atoms with E-state index >= 15 is 0 Å². The molecule has 0 radical (unpaired) electrons. The molecule has 0 spiro atoms. The molecule has 0 saturated heterocycles. The van der Waals surface area contributed by atoms with E-state index in [1.165, 1.54) is 31.9 Å². The zero-order chi connectivity index (χ0) is 16.2. The molecule has 1 atom stereocenters. The highest BCUT2D eigenvalue weighted by molar-refractivity contribution is 7.90. The van der Waals surface area contributed by atoms with Crippen molar-refractivity contribution in [2.45, 2.75) is 52.0 Å². The molecule has 0 heterocycles. The summed E-state index contributed by atoms with van der Waals surface area (Å²) in [5, 5.41) is 6.61. The summed E-state index contributed by atoms with van der Waals surface area (Å²) in [6.45, 7) is 5.79. The fourth-order valence-electron chi connectivity index (χ4n) is 2.94. The molecule has 128 valence electrons. The number of hydrogen-bond acceptors (Lipinski definition) is 3. The van der Waals surface area contributed by atoms with Crippen LogP contribution in [0.15, 0.2) is 4.99 Å². The number of guanidine groups is 1. The van der Waals surface area contributed by atoms with E-state index in [1.807, 2.05) is 6.92 Å². The average Bonchev–Trinajstić information content (AvgIpc) is 3.29. The van der Waals surface area contributed by atoms with Crippen LogP contribution >= 0.6 is 0 Å². The first-order chi connectivity index (χ1) is 10.4. The highest BCUT2D eigenvalue weighted by Gasteiger charge is 2.41. The topological polar surface area (TPSA) is 70.6 Å². The predicted octanol–water partition coefficient (Wildman–Crippen LogP) is 1.80. The standard InChI is InChI=1S/C16H31N3O2S/c1-4-17-16(19-12(2)9-10-22(3,20)21)18-11-15(13-5-6-13)14-7-8-14/h12-15H,4-11H2,1-3H3,(H2,17,18,19). The van der Waals surface area contributed by atoms with Gasteiger partial charge in [0.25, 0.3) is 0 Å². The summed E-state index contributed by atoms with van der Waals surface area (Å²) in [6, 6.07) is 0.104. The second-order valence-electron chi connectivity index (χ2n) is 7.02. The van der Waals surface area contributed by atoms with Crippen LogP contribution in [0, 0.1) is 17.8 Å². The Kier molecular flexibility index (Phi) is 6.12. The number of hydrogen-bond donors (Lipinski definition) is 2. The van der Waals surface area contributed by atoms with Crippen LogP contribution in [-0.4, -0.2) is 45.5 Å². The first-order valence-corrected chi connectivity index (χ1v) is 10.7. The summed E-state index contributed by atoms with van der Waals surface area (Å²) in [5.41, 5.74) is 0. The number of nitrogens with one attached hydrogen (secondary N) is 2. The molecule has 0 bridgehead atoms. The molecule has 2 rings (SSSR count). The summed E-state index contributed by atoms with van der Waals surface area (Å²) >= 11 is 0. The van der Waals surface area contributed by atoms with Gasteiger partial charge in [-0.3, -0.25) is 4.99 Å². The van der Waals surface area contributed by atoms with Gasteiger partial charge in [0.1, 0.15) is 9.84 Å². The van der Waals surface area contributed by atoms with Gasteiger partial charge in [0.05, 0.1) is 5.75 Å². The Morgan fingerprint density at radius 3 is 2.27 bits per heavy atom. The van der Waals surface area contributed by atoms with E-state index < -0.39 is 9.84 Å². The molecule has 22 heavy (non-hydrogen) atoms. The maximum atomic E-state index is 11.3. The lowest BCUT2D eigenvalue weighted by molar-refractivity contribution is 0.416. The van der Waals surface area contributed by atoms with Crippen LogP contribution < -0.4 is 10.6 Å². The van der Waals surface area contributed by atoms with Crippen molar-refractivity contribution in [2.75, 3.05) is 25.1 Å². The highest BCUT2D eigenvalue weighted by Crippen LogP contribution is 2.49. The molecule has 5 nitrogen and oxygen atoms in total. The Balaban J connectivity index is 1.83. The fraction of sp³-hybridized carbons (Fsp3) is 0.938. The minimum absolute atomic E-state index is 0.104. The lowest BCUT2D eigenvalue weighted by Gasteiger charge is -2.19. The van der Waals surface area contributed by atoms with Gasteiger partial charge in [-0.05, 0) is 63.7 Å². The molecule has 1 unspecified atom stereocenters. The van der Waals surface area contributed by atoms with Gasteiger partial charge in [-0.25, -0.2) is 8.42 Å². The van der Waals surface area contributed by atoms with Gasteiger partial charge < -0.3 is 10.6 Å². The first-order valence-electron chi connectivity index (χ1n) is 8.61. The fourth-order valence-corrected chi connectivity index (χ4v) is 3.73. The van der Waals surface area contributed by atoms with Gasteiger partial charge in [-0.2, -0.15) is 0 Å². The van der Waals surface area contributed by atoms with E-state index in [-0.39, 0.29) is 11.8 Å². The van der Waals surface area contributed by atoms with Gasteiger partial charge in [0.15, 0.2) is 5.96 Å². The van der Waals surface area contributed by atoms with E-state index in [4.69, 9.17) is 4.99 Å². The molecule has 0 aromatic rings. The molecule has 2 aliphatic carbocycles. The van der Waals surface area contributed by atoms with E-state index in [0.717, 1.165) is 36.8 Å². The van der Waals surface area contributed by atoms with Crippen LogP contribution in [0.3, 0.4) is 0 Å². The third-order valence-electron chi connectivity index (χ3n) is 4.56. The maximum absolute atomic E-state index is 11.3. The SMILES string of the molecule is CCNC(=NCC(C1CC1)C1CC1)NC(C)CCS(C)(=O)=O. The number of sulfone groups is 1. The summed E-state index contributed by atoms with van der Waals surface area (Å²) in [5.74, 6) is 3.62. The van der Waals surface area contributed by atoms with Crippen molar-refractivity contribution in [3.8, 4) is 0 Å². The predicted molar refractivity (Wildman–Crippen MR) is 91.8 cm³/mol. The molecular weight excluding hydrogens is 298 g/mol. The summed E-state index contributed by atoms with van der Waals surface area (Å²) < 4.78 is 22.5. The molecule has 2 fully saturated rings. The van der Waals surface area contributed by atoms with Crippen molar-refractivity contribution in [1.29, 1.82) is 0 Å². The van der Waals surface area contributed by atoms with E-state index in [9.17, 15) is 8.42 Å². The minimum atomic E-state index is -2.90. The normalized spacial score (nSPS) is 21.0. The van der Waals surface area contributed by atoms with E-state index in [0.29, 0.717) is 6.42 Å². The number of rotatable bonds is 9. The lowest BCUT2D eigenvalue weighted by Crippen LogP contribution is -2.43. The molecule has 2 saturated carbocycles. The van der Waals surface area contributed by atoms with Crippen LogP contribution in [0.2, 0.25) is 0 Å². The highest BCUT2D eigenvalue weighted by atomic mass is 32.2. The third kappa shape index (κ3) is 6.55. The molecule has 0 aliphatic heterocycles. The smallest absolute Gasteiger partial charge is 0.191 e. The van der Waals surface area contributed by atoms with Crippen LogP contribution in [0.4, 0.5) is 0 Å². The van der Waals surface area contributed by atoms with E-state index in [1.54, 1.807) is 0 Å². The van der Waals surface area contributed by atoms with Crippen molar-refractivity contribution < 1.29 is 8.42 Å². The Hall–Kier alpha value is -0.780. The number of nitrogens with zero attached hydrogens (tertiary/aromatic N) is 1. The Labute approximate surface area is 135 Å². The van der Waals surface area contributed by atoms with Crippen molar-refractivity contribution in [1.82, 2.24) is 10.6 Å². The molecule has 2 N–H and O–H groups in total. The lowest BCUT2D eigenvalue weighted by atomic mass is 9.98. The third-order valence-corrected chi connectivity index (χ3v) is 5.54. The van der Waals surface area contributed by atoms with Crippen LogP contribution in [0.5, 0.6) is 0 Å². The Bertz CT molecular complexity index is 470. The zero-order valence-electron chi connectivity index (χ0n) is 14.1. The average molecular weight is 330 g/mol. The molecular formula is C16H31N3O2S. The molecule has 6 heteroatoms. The largest absolute Gasteiger partial charge is 0.357 e. The van der Waals surface area contributed by atoms with Crippen molar-refractivity contribution >= 4 is 15.8 Å². The van der Waals surface area contributed by atoms with Crippen molar-refractivity contribution in [3.63, 3.8) is 0 Å². The maximum Gasteiger partial charge on any atom is 0.191 e. The quantitative estimate of drug-likeness (QED) is 0.500. The van der Waals surface area contributed by atoms with Crippen LogP contribution in [0.25, 0.3) is 0 Å². The van der Waals surface area contributed by atoms with Crippen LogP contribution in [-0.2, 0) is 9.84 Å². The monoisotopic (exact) mass is 329 g/mol. The van der Waals surface area contributed by atoms with Crippen LogP contribution in [0.1, 0.15) is 46.0 Å². The van der Waals surface area contributed by atoms with Gasteiger partial charge >= 0.3 is 0 Å². The molecule has 0 aromatic carbocycles. The molecule has 0 aromatic heterocycles. The van der Waals surface area contributed by atoms with Crippen molar-refractivity contribution in [2.24, 2.45) is 22.7 Å². The van der Waals surface area contributed by atoms with E-state index in [2.05, 4.69) is 17.6 Å². The summed E-state index contributed by atoms with van der Waals surface area (Å²) in [4.78, 5) is 4.77. The second kappa shape index (κ2) is 7.66. The Morgan fingerprint density at radius 2 is 1.82 bits per heavy atom. The minimum Gasteiger partial charge on any atom is -0.357 e. The van der Waals surface area contributed by atoms with Gasteiger partial charge in [-0.15, -0.1) is 0 Å². The van der Waals surface area contributed by atoms with Gasteiger partial charge in [0.2, 0.25) is 0 Å². The van der Waals surface area contributed by atoms with Gasteiger partial charge in [0, 0.05) is 25.4 Å². The molecule has 2 aliphatic rings. The Morgan fingerprint density at radius 1 is 1.23 bits per heavy atom. The van der Waals surface area contributed by atoms with Gasteiger partial charge in [-0.1, -0.05) is 0 Å². The second-order valence-corrected chi connectivity index (χ2v) is 9.28. The first kappa shape index (κ1) is 17.6. The summed E-state index contributed by atoms with van der Waals surface area (Å²) in [6.07, 6.45) is 7.42. The zero-order valence-corrected chi connectivity index (χ0v) is 15.0. The molecule has 0 amide bonds.